The second-order valence-corrected chi connectivity index (χ2v) is 7.98. The molecule has 0 aliphatic carbocycles. The van der Waals surface area contributed by atoms with Gasteiger partial charge in [-0.25, -0.2) is 4.79 Å². The van der Waals surface area contributed by atoms with E-state index in [9.17, 15) is 4.79 Å². The highest BCUT2D eigenvalue weighted by Crippen LogP contribution is 2.39. The van der Waals surface area contributed by atoms with Gasteiger partial charge in [-0.1, -0.05) is 17.7 Å². The van der Waals surface area contributed by atoms with Crippen LogP contribution in [-0.4, -0.2) is 44.2 Å². The van der Waals surface area contributed by atoms with Gasteiger partial charge in [0.2, 0.25) is 7.98 Å². The second kappa shape index (κ2) is 6.51. The van der Waals surface area contributed by atoms with E-state index in [0.717, 1.165) is 48.5 Å². The van der Waals surface area contributed by atoms with Crippen LogP contribution >= 0.6 is 11.6 Å². The van der Waals surface area contributed by atoms with E-state index in [0.29, 0.717) is 13.1 Å². The van der Waals surface area contributed by atoms with Gasteiger partial charge in [0.15, 0.2) is 0 Å². The number of carbonyl (C=O) groups is 1. The van der Waals surface area contributed by atoms with Gasteiger partial charge in [0.1, 0.15) is 5.60 Å². The number of aryl methyl sites for hydroxylation is 1. The number of halogens is 1. The molecule has 4 nitrogen and oxygen atoms in total. The molecule has 2 heterocycles. The van der Waals surface area contributed by atoms with Gasteiger partial charge >= 0.3 is 6.09 Å². The van der Waals surface area contributed by atoms with Crippen molar-refractivity contribution in [1.82, 2.24) is 4.90 Å². The Kier molecular flexibility index (Phi) is 4.74. The van der Waals surface area contributed by atoms with Crippen LogP contribution in [0, 0.1) is 0 Å². The fourth-order valence-corrected chi connectivity index (χ4v) is 3.91. The number of hydrogen-bond donors (Lipinski definition) is 0. The number of ether oxygens (including phenoxy) is 1. The Morgan fingerprint density at radius 2 is 1.88 bits per heavy atom. The molecular formula is C18H24BClN2O2. The van der Waals surface area contributed by atoms with E-state index in [4.69, 9.17) is 24.3 Å². The third kappa shape index (κ3) is 3.51. The van der Waals surface area contributed by atoms with Crippen molar-refractivity contribution >= 4 is 31.4 Å². The molecule has 6 heteroatoms. The number of fused-ring (bicyclic) bond motifs is 2. The van der Waals surface area contributed by atoms with Crippen molar-refractivity contribution in [2.45, 2.75) is 52.1 Å². The summed E-state index contributed by atoms with van der Waals surface area (Å²) in [6.07, 6.45) is 3.33. The molecule has 0 bridgehead atoms. The van der Waals surface area contributed by atoms with Crippen LogP contribution in [0.2, 0.25) is 5.02 Å². The maximum absolute atomic E-state index is 12.4. The third-order valence-electron chi connectivity index (χ3n) is 4.58. The zero-order valence-electron chi connectivity index (χ0n) is 14.7. The average molecular weight is 347 g/mol. The zero-order valence-corrected chi connectivity index (χ0v) is 15.4. The van der Waals surface area contributed by atoms with E-state index in [1.165, 1.54) is 11.1 Å². The smallest absolute Gasteiger partial charge is 0.410 e. The lowest BCUT2D eigenvalue weighted by Crippen LogP contribution is -2.38. The summed E-state index contributed by atoms with van der Waals surface area (Å²) in [5, 5.41) is 0.760. The molecule has 2 radical (unpaired) electrons. The van der Waals surface area contributed by atoms with Gasteiger partial charge in [0.05, 0.1) is 5.02 Å². The third-order valence-corrected chi connectivity index (χ3v) is 4.99. The number of benzene rings is 1. The first-order valence-corrected chi connectivity index (χ1v) is 8.97. The van der Waals surface area contributed by atoms with Crippen molar-refractivity contribution < 1.29 is 9.53 Å². The molecule has 1 aromatic rings. The van der Waals surface area contributed by atoms with E-state index in [2.05, 4.69) is 6.07 Å². The highest BCUT2D eigenvalue weighted by Gasteiger charge is 2.27. The van der Waals surface area contributed by atoms with Crippen molar-refractivity contribution in [3.63, 3.8) is 0 Å². The number of nitrogens with zero attached hydrogens (tertiary/aromatic N) is 2. The minimum absolute atomic E-state index is 0.253. The predicted octanol–water partition coefficient (Wildman–Crippen LogP) is 3.51. The molecule has 3 rings (SSSR count). The van der Waals surface area contributed by atoms with E-state index < -0.39 is 5.60 Å². The molecule has 0 N–H and O–H groups in total. The van der Waals surface area contributed by atoms with Crippen LogP contribution < -0.4 is 4.81 Å². The molecule has 0 atom stereocenters. The molecule has 128 valence electrons. The summed E-state index contributed by atoms with van der Waals surface area (Å²) in [4.78, 5) is 15.9. The Labute approximate surface area is 150 Å². The van der Waals surface area contributed by atoms with Crippen LogP contribution in [-0.2, 0) is 24.0 Å². The van der Waals surface area contributed by atoms with Crippen LogP contribution in [0.15, 0.2) is 6.07 Å². The molecule has 2 aliphatic heterocycles. The molecule has 0 unspecified atom stereocenters. The fourth-order valence-electron chi connectivity index (χ4n) is 3.46. The fraction of sp³-hybridized carbons (Fsp3) is 0.611. The molecule has 0 saturated carbocycles. The van der Waals surface area contributed by atoms with Crippen LogP contribution in [0.25, 0.3) is 0 Å². The molecule has 1 aromatic carbocycles. The Bertz CT molecular complexity index is 657. The lowest BCUT2D eigenvalue weighted by atomic mass is 9.92. The van der Waals surface area contributed by atoms with Crippen molar-refractivity contribution in [3.8, 4) is 0 Å². The average Bonchev–Trinajstić information content (AvgIpc) is 2.68. The van der Waals surface area contributed by atoms with Crippen LogP contribution in [0.1, 0.15) is 43.9 Å². The summed E-state index contributed by atoms with van der Waals surface area (Å²) >= 11 is 6.69. The van der Waals surface area contributed by atoms with Gasteiger partial charge in [0, 0.05) is 25.3 Å². The topological polar surface area (TPSA) is 32.8 Å². The molecule has 0 aromatic heterocycles. The lowest BCUT2D eigenvalue weighted by molar-refractivity contribution is 0.0258. The van der Waals surface area contributed by atoms with Gasteiger partial charge in [-0.2, -0.15) is 0 Å². The molecule has 0 saturated heterocycles. The summed E-state index contributed by atoms with van der Waals surface area (Å²) in [5.41, 5.74) is 4.07. The minimum atomic E-state index is -0.479. The maximum atomic E-state index is 12.4. The van der Waals surface area contributed by atoms with Crippen molar-refractivity contribution in [2.24, 2.45) is 0 Å². The number of carbonyl (C=O) groups excluding carboxylic acids is 1. The van der Waals surface area contributed by atoms with E-state index in [-0.39, 0.29) is 6.09 Å². The van der Waals surface area contributed by atoms with Crippen molar-refractivity contribution in [3.05, 3.63) is 27.8 Å². The van der Waals surface area contributed by atoms with Gasteiger partial charge in [0.25, 0.3) is 0 Å². The summed E-state index contributed by atoms with van der Waals surface area (Å²) in [7, 11) is 6.13. The Morgan fingerprint density at radius 3 is 2.58 bits per heavy atom. The molecule has 0 spiro atoms. The largest absolute Gasteiger partial charge is 0.444 e. The molecular weight excluding hydrogens is 322 g/mol. The first-order chi connectivity index (χ1) is 11.3. The van der Waals surface area contributed by atoms with Crippen LogP contribution in [0.4, 0.5) is 10.5 Å². The van der Waals surface area contributed by atoms with Gasteiger partial charge in [-0.05, 0) is 63.1 Å². The Hall–Kier alpha value is -1.36. The molecule has 0 fully saturated rings. The molecule has 2 aliphatic rings. The van der Waals surface area contributed by atoms with Gasteiger partial charge < -0.3 is 14.4 Å². The molecule has 24 heavy (non-hydrogen) atoms. The van der Waals surface area contributed by atoms with E-state index in [1.54, 1.807) is 9.71 Å². The van der Waals surface area contributed by atoms with E-state index in [1.807, 2.05) is 20.8 Å². The second-order valence-electron chi connectivity index (χ2n) is 7.60. The normalized spacial score (nSPS) is 17.8. The minimum Gasteiger partial charge on any atom is -0.444 e. The Balaban J connectivity index is 1.84. The summed E-state index contributed by atoms with van der Waals surface area (Å²) in [6.45, 7) is 7.76. The van der Waals surface area contributed by atoms with Gasteiger partial charge in [-0.3, -0.25) is 0 Å². The summed E-state index contributed by atoms with van der Waals surface area (Å²) in [6, 6.07) is 2.23. The first-order valence-electron chi connectivity index (χ1n) is 8.59. The monoisotopic (exact) mass is 346 g/mol. The number of anilines is 1. The number of amides is 1. The summed E-state index contributed by atoms with van der Waals surface area (Å²) < 4.78 is 5.50. The number of rotatable bonds is 0. The quantitative estimate of drug-likeness (QED) is 0.674. The molecule has 1 amide bonds. The highest BCUT2D eigenvalue weighted by molar-refractivity contribution is 6.36. The predicted molar refractivity (Wildman–Crippen MR) is 98.1 cm³/mol. The van der Waals surface area contributed by atoms with Crippen LogP contribution in [0.3, 0.4) is 0 Å². The number of hydrogen-bond acceptors (Lipinski definition) is 3. The highest BCUT2D eigenvalue weighted by atomic mass is 35.5. The van der Waals surface area contributed by atoms with Crippen molar-refractivity contribution in [2.75, 3.05) is 24.4 Å². The van der Waals surface area contributed by atoms with Crippen LogP contribution in [0.5, 0.6) is 0 Å². The van der Waals surface area contributed by atoms with Gasteiger partial charge in [-0.15, -0.1) is 0 Å². The Morgan fingerprint density at radius 1 is 1.17 bits per heavy atom. The summed E-state index contributed by atoms with van der Waals surface area (Å²) in [5.74, 6) is 0. The van der Waals surface area contributed by atoms with E-state index >= 15 is 0 Å². The zero-order chi connectivity index (χ0) is 17.5. The van der Waals surface area contributed by atoms with Crippen molar-refractivity contribution in [1.29, 1.82) is 0 Å². The standard InChI is InChI=1S/C18H24BClN2O2/c1-18(2,3)24-17(23)21-9-6-12-11-13-5-4-8-22(19)16(13)15(20)14(12)7-10-21/h11H,4-10H2,1-3H3. The first kappa shape index (κ1) is 17.5. The maximum Gasteiger partial charge on any atom is 0.410 e. The SMILES string of the molecule is [B]N1CCCc2cc3c(c(Cl)c21)CCN(C(=O)OC(C)(C)C)CC3. The lowest BCUT2D eigenvalue weighted by Gasteiger charge is -2.31.